The van der Waals surface area contributed by atoms with E-state index >= 15 is 0 Å². The summed E-state index contributed by atoms with van der Waals surface area (Å²) in [6.07, 6.45) is 19.8. The van der Waals surface area contributed by atoms with Gasteiger partial charge in [0.1, 0.15) is 0 Å². The van der Waals surface area contributed by atoms with Crippen LogP contribution in [0.5, 0.6) is 0 Å². The van der Waals surface area contributed by atoms with E-state index in [1.807, 2.05) is 0 Å². The van der Waals surface area contributed by atoms with E-state index in [0.717, 1.165) is 72.6 Å². The average molecular weight is 601 g/mol. The van der Waals surface area contributed by atoms with Crippen molar-refractivity contribution < 1.29 is 39.0 Å². The second kappa shape index (κ2) is 22.5. The molecule has 2 atom stereocenters. The molecule has 2 rings (SSSR count). The first-order valence-corrected chi connectivity index (χ1v) is 14.7. The fourth-order valence-corrected chi connectivity index (χ4v) is 4.73. The molecule has 0 aliphatic carbocycles. The number of carbonyl (C=O) groups excluding carboxylic acids is 6. The van der Waals surface area contributed by atoms with E-state index < -0.39 is 47.7 Å². The van der Waals surface area contributed by atoms with Crippen LogP contribution < -0.4 is 10.2 Å². The van der Waals surface area contributed by atoms with Crippen LogP contribution in [0.4, 0.5) is 0 Å². The predicted octanol–water partition coefficient (Wildman–Crippen LogP) is 1.96. The topological polar surface area (TPSA) is 155 Å². The second-order valence-electron chi connectivity index (χ2n) is 10.2. The molecule has 41 heavy (non-hydrogen) atoms. The molecule has 11 heteroatoms. The number of amides is 4. The number of aliphatic carboxylic acids is 2. The van der Waals surface area contributed by atoms with Crippen molar-refractivity contribution in [3.05, 3.63) is 24.3 Å². The Morgan fingerprint density at radius 1 is 0.537 bits per heavy atom. The summed E-state index contributed by atoms with van der Waals surface area (Å²) < 4.78 is 0. The number of nitrogens with zero attached hydrogens (tertiary/aromatic N) is 2. The second-order valence-corrected chi connectivity index (χ2v) is 10.2. The van der Waals surface area contributed by atoms with Crippen LogP contribution in [-0.2, 0) is 28.8 Å². The van der Waals surface area contributed by atoms with Crippen LogP contribution in [0, 0.1) is 0 Å². The number of hydrogen-bond acceptors (Lipinski definition) is 8. The number of imide groups is 2. The summed E-state index contributed by atoms with van der Waals surface area (Å²) in [7, 11) is 0. The zero-order chi connectivity index (χ0) is 29.9. The van der Waals surface area contributed by atoms with Crippen molar-refractivity contribution in [3.8, 4) is 0 Å². The third-order valence-corrected chi connectivity index (χ3v) is 7.02. The summed E-state index contributed by atoms with van der Waals surface area (Å²) in [6.45, 7) is 4.31. The molecule has 0 fully saturated rings. The summed E-state index contributed by atoms with van der Waals surface area (Å²) in [4.78, 5) is 69.6. The van der Waals surface area contributed by atoms with Crippen LogP contribution >= 0.6 is 0 Å². The first kappa shape index (κ1) is 39.0. The van der Waals surface area contributed by atoms with Crippen molar-refractivity contribution in [1.29, 1.82) is 0 Å². The van der Waals surface area contributed by atoms with Gasteiger partial charge in [0, 0.05) is 24.3 Å². The van der Waals surface area contributed by atoms with Gasteiger partial charge in [0.05, 0.1) is 24.0 Å². The summed E-state index contributed by atoms with van der Waals surface area (Å²) in [5.74, 6) is -4.97. The number of carboxylic acids is 2. The molecule has 0 bridgehead atoms. The van der Waals surface area contributed by atoms with Gasteiger partial charge in [-0.2, -0.15) is 0 Å². The molecule has 2 aliphatic heterocycles. The third kappa shape index (κ3) is 14.6. The van der Waals surface area contributed by atoms with Gasteiger partial charge in [-0.1, -0.05) is 104 Å². The van der Waals surface area contributed by atoms with Gasteiger partial charge in [-0.3, -0.25) is 29.0 Å². The number of carbonyl (C=O) groups is 6. The Labute approximate surface area is 273 Å². The summed E-state index contributed by atoms with van der Waals surface area (Å²) >= 11 is 0. The summed E-state index contributed by atoms with van der Waals surface area (Å²) in [5, 5.41) is 22.2. The minimum absolute atomic E-state index is 0. The van der Waals surface area contributed by atoms with Crippen LogP contribution in [0.15, 0.2) is 24.3 Å². The Balaban J connectivity index is 0.000000762. The first-order valence-electron chi connectivity index (χ1n) is 14.7. The maximum Gasteiger partial charge on any atom is 2.00 e. The van der Waals surface area contributed by atoms with Gasteiger partial charge in [-0.25, -0.2) is 0 Å². The number of carboxylic acid groups (broad SMARTS) is 2. The molecule has 10 nitrogen and oxygen atoms in total. The molecule has 0 aromatic rings. The quantitative estimate of drug-likeness (QED) is 0.117. The monoisotopic (exact) mass is 600 g/mol. The van der Waals surface area contributed by atoms with Gasteiger partial charge in [0.15, 0.2) is 0 Å². The Morgan fingerprint density at radius 3 is 1.02 bits per heavy atom. The Hall–Kier alpha value is -2.04. The normalized spacial score (nSPS) is 15.6. The van der Waals surface area contributed by atoms with E-state index in [0.29, 0.717) is 12.8 Å². The first-order chi connectivity index (χ1) is 19.1. The molecular weight excluding hydrogens is 556 g/mol. The summed E-state index contributed by atoms with van der Waals surface area (Å²) in [6, 6.07) is -2.28. The largest absolute Gasteiger partial charge is 2.00 e. The SMILES string of the molecule is CCCCCCCCCC(C(=O)[O-])N1C(=O)C=CC1=O.CCCCCCCCCC(C(=O)[O-])N1C(=O)C=CC1=O.[Ca+2]. The van der Waals surface area contributed by atoms with Gasteiger partial charge in [0.2, 0.25) is 0 Å². The molecule has 4 amide bonds. The molecular formula is C30H44CaN2O8. The van der Waals surface area contributed by atoms with Gasteiger partial charge >= 0.3 is 37.7 Å². The van der Waals surface area contributed by atoms with Gasteiger partial charge in [0.25, 0.3) is 23.6 Å². The fraction of sp³-hybridized carbons (Fsp3) is 0.667. The molecule has 0 saturated carbocycles. The molecule has 0 N–H and O–H groups in total. The van der Waals surface area contributed by atoms with Crippen molar-refractivity contribution >= 4 is 73.3 Å². The molecule has 0 spiro atoms. The molecule has 2 unspecified atom stereocenters. The fourth-order valence-electron chi connectivity index (χ4n) is 4.73. The van der Waals surface area contributed by atoms with Crippen LogP contribution in [0.25, 0.3) is 0 Å². The summed E-state index contributed by atoms with van der Waals surface area (Å²) in [5.41, 5.74) is 0. The molecule has 2 heterocycles. The number of hydrogen-bond donors (Lipinski definition) is 0. The van der Waals surface area contributed by atoms with Crippen molar-refractivity contribution in [2.45, 2.75) is 129 Å². The molecule has 224 valence electrons. The van der Waals surface area contributed by atoms with E-state index in [1.54, 1.807) is 0 Å². The smallest absolute Gasteiger partial charge is 0.548 e. The van der Waals surface area contributed by atoms with Crippen LogP contribution in [0.1, 0.15) is 117 Å². The number of rotatable bonds is 20. The Morgan fingerprint density at radius 2 is 0.780 bits per heavy atom. The maximum atomic E-state index is 11.5. The van der Waals surface area contributed by atoms with Crippen molar-refractivity contribution in [2.75, 3.05) is 0 Å². The molecule has 0 aromatic carbocycles. The van der Waals surface area contributed by atoms with Crippen LogP contribution in [0.2, 0.25) is 0 Å². The zero-order valence-electron chi connectivity index (χ0n) is 24.6. The minimum atomic E-state index is -1.36. The van der Waals surface area contributed by atoms with Crippen molar-refractivity contribution in [3.63, 3.8) is 0 Å². The Bertz CT molecular complexity index is 823. The van der Waals surface area contributed by atoms with Gasteiger partial charge < -0.3 is 19.8 Å². The van der Waals surface area contributed by atoms with E-state index in [4.69, 9.17) is 0 Å². The Kier molecular flexibility index (Phi) is 21.4. The maximum absolute atomic E-state index is 11.5. The zero-order valence-corrected chi connectivity index (χ0v) is 26.9. The van der Waals surface area contributed by atoms with Gasteiger partial charge in [-0.15, -0.1) is 0 Å². The van der Waals surface area contributed by atoms with Crippen molar-refractivity contribution in [2.24, 2.45) is 0 Å². The van der Waals surface area contributed by atoms with Crippen LogP contribution in [0.3, 0.4) is 0 Å². The van der Waals surface area contributed by atoms with E-state index in [2.05, 4.69) is 13.8 Å². The van der Waals surface area contributed by atoms with Crippen molar-refractivity contribution in [1.82, 2.24) is 9.80 Å². The van der Waals surface area contributed by atoms with E-state index in [9.17, 15) is 39.0 Å². The molecule has 0 aromatic heterocycles. The number of unbranched alkanes of at least 4 members (excludes halogenated alkanes) is 12. The standard InChI is InChI=1S/2C15H23NO4.Ca/c2*1-2-3-4-5-6-7-8-9-12(15(19)20)16-13(17)10-11-14(16)18;/h2*10-12H,2-9H2,1H3,(H,19,20);/q;;+2/p-2. The van der Waals surface area contributed by atoms with E-state index in [-0.39, 0.29) is 50.6 Å². The minimum Gasteiger partial charge on any atom is -0.548 e. The predicted molar refractivity (Wildman–Crippen MR) is 151 cm³/mol. The van der Waals surface area contributed by atoms with E-state index in [1.165, 1.54) is 38.5 Å². The van der Waals surface area contributed by atoms with Gasteiger partial charge in [-0.05, 0) is 12.8 Å². The molecule has 2 aliphatic rings. The average Bonchev–Trinajstić information content (AvgIpc) is 3.42. The third-order valence-electron chi connectivity index (χ3n) is 7.02. The van der Waals surface area contributed by atoms with Crippen LogP contribution in [-0.4, -0.2) is 95.2 Å². The molecule has 0 radical (unpaired) electrons. The molecule has 0 saturated heterocycles.